The molecule has 0 aliphatic carbocycles. The van der Waals surface area contributed by atoms with Gasteiger partial charge in [-0.1, -0.05) is 6.92 Å². The van der Waals surface area contributed by atoms with Crippen LogP contribution < -0.4 is 11.1 Å². The summed E-state index contributed by atoms with van der Waals surface area (Å²) >= 11 is 0. The van der Waals surface area contributed by atoms with Crippen molar-refractivity contribution in [2.24, 2.45) is 5.73 Å². The van der Waals surface area contributed by atoms with E-state index in [2.05, 4.69) is 12.2 Å². The second kappa shape index (κ2) is 8.84. The van der Waals surface area contributed by atoms with Gasteiger partial charge < -0.3 is 20.5 Å². The maximum atomic E-state index is 5.05. The van der Waals surface area contributed by atoms with Crippen LogP contribution in [0.2, 0.25) is 0 Å². The zero-order valence-electron chi connectivity index (χ0n) is 6.43. The van der Waals surface area contributed by atoms with Gasteiger partial charge in [0.05, 0.1) is 13.3 Å². The van der Waals surface area contributed by atoms with Gasteiger partial charge in [-0.25, -0.2) is 0 Å². The smallest absolute Gasteiger partial charge is 0.148 e. The predicted molar refractivity (Wildman–Crippen MR) is 39.5 cm³/mol. The summed E-state index contributed by atoms with van der Waals surface area (Å²) in [6, 6.07) is 0. The van der Waals surface area contributed by atoms with E-state index in [9.17, 15) is 0 Å². The largest absolute Gasteiger partial charge is 0.354 e. The molecule has 0 aromatic heterocycles. The Balaban J connectivity index is 2.65. The second-order valence-corrected chi connectivity index (χ2v) is 1.75. The Morgan fingerprint density at radius 1 is 1.40 bits per heavy atom. The molecule has 0 saturated carbocycles. The van der Waals surface area contributed by atoms with E-state index in [0.717, 1.165) is 13.1 Å². The fourth-order valence-corrected chi connectivity index (χ4v) is 0.487. The molecule has 0 aromatic carbocycles. The first-order chi connectivity index (χ1) is 4.91. The number of nitrogens with two attached hydrogens (primary N) is 1. The van der Waals surface area contributed by atoms with E-state index in [1.807, 2.05) is 0 Å². The molecule has 0 aliphatic heterocycles. The highest BCUT2D eigenvalue weighted by atomic mass is 16.7. The van der Waals surface area contributed by atoms with Gasteiger partial charge in [-0.05, 0) is 6.54 Å². The Morgan fingerprint density at radius 3 is 2.80 bits per heavy atom. The summed E-state index contributed by atoms with van der Waals surface area (Å²) in [5, 5.41) is 3.11. The minimum Gasteiger partial charge on any atom is -0.354 e. The van der Waals surface area contributed by atoms with Crippen LogP contribution in [0.4, 0.5) is 0 Å². The van der Waals surface area contributed by atoms with Gasteiger partial charge >= 0.3 is 0 Å². The lowest BCUT2D eigenvalue weighted by Crippen LogP contribution is -2.20. The molecule has 3 N–H and O–H groups in total. The summed E-state index contributed by atoms with van der Waals surface area (Å²) in [5.74, 6) is 0. The lowest BCUT2D eigenvalue weighted by Gasteiger charge is -2.03. The number of hydrogen-bond acceptors (Lipinski definition) is 4. The lowest BCUT2D eigenvalue weighted by molar-refractivity contribution is -0.0501. The van der Waals surface area contributed by atoms with E-state index in [-0.39, 0.29) is 6.73 Å². The number of ether oxygens (including phenoxy) is 2. The van der Waals surface area contributed by atoms with E-state index in [0.29, 0.717) is 13.4 Å². The van der Waals surface area contributed by atoms with E-state index < -0.39 is 0 Å². The van der Waals surface area contributed by atoms with Crippen LogP contribution in [0.5, 0.6) is 0 Å². The van der Waals surface area contributed by atoms with Crippen molar-refractivity contribution in [3.05, 3.63) is 0 Å². The standard InChI is InChI=1S/C6H16N2O2/c1-2-8-3-4-9-6-10-5-7/h8H,2-7H2,1H3. The fourth-order valence-electron chi connectivity index (χ4n) is 0.487. The van der Waals surface area contributed by atoms with E-state index >= 15 is 0 Å². The number of hydrogen-bond donors (Lipinski definition) is 2. The summed E-state index contributed by atoms with van der Waals surface area (Å²) in [6.07, 6.45) is 0. The molecule has 10 heavy (non-hydrogen) atoms. The van der Waals surface area contributed by atoms with Crippen molar-refractivity contribution < 1.29 is 9.47 Å². The molecule has 0 rings (SSSR count). The minimum absolute atomic E-state index is 0.223. The van der Waals surface area contributed by atoms with Gasteiger partial charge in [-0.3, -0.25) is 0 Å². The molecule has 0 aliphatic rings. The molecular formula is C6H16N2O2. The van der Waals surface area contributed by atoms with Gasteiger partial charge in [-0.2, -0.15) is 0 Å². The highest BCUT2D eigenvalue weighted by Gasteiger charge is 1.84. The molecule has 0 heterocycles. The highest BCUT2D eigenvalue weighted by molar-refractivity contribution is 4.37. The highest BCUT2D eigenvalue weighted by Crippen LogP contribution is 1.73. The molecule has 0 amide bonds. The third-order valence-corrected chi connectivity index (χ3v) is 0.958. The van der Waals surface area contributed by atoms with Crippen molar-refractivity contribution in [2.75, 3.05) is 33.2 Å². The third kappa shape index (κ3) is 7.84. The van der Waals surface area contributed by atoms with Crippen molar-refractivity contribution in [1.29, 1.82) is 0 Å². The number of nitrogens with one attached hydrogen (secondary N) is 1. The average molecular weight is 148 g/mol. The van der Waals surface area contributed by atoms with Crippen LogP contribution in [0.3, 0.4) is 0 Å². The van der Waals surface area contributed by atoms with Crippen molar-refractivity contribution in [3.8, 4) is 0 Å². The van der Waals surface area contributed by atoms with Gasteiger partial charge in [0.15, 0.2) is 0 Å². The molecule has 4 heteroatoms. The normalized spacial score (nSPS) is 10.2. The zero-order chi connectivity index (χ0) is 7.66. The second-order valence-electron chi connectivity index (χ2n) is 1.75. The Morgan fingerprint density at radius 2 is 2.20 bits per heavy atom. The maximum Gasteiger partial charge on any atom is 0.148 e. The Labute approximate surface area is 61.7 Å². The van der Waals surface area contributed by atoms with Gasteiger partial charge in [0, 0.05) is 6.54 Å². The first-order valence-corrected chi connectivity index (χ1v) is 3.48. The summed E-state index contributed by atoms with van der Waals surface area (Å²) in [6.45, 7) is 5.08. The van der Waals surface area contributed by atoms with Crippen molar-refractivity contribution >= 4 is 0 Å². The molecule has 0 radical (unpaired) electrons. The lowest BCUT2D eigenvalue weighted by atomic mass is 10.6. The van der Waals surface area contributed by atoms with Crippen molar-refractivity contribution in [1.82, 2.24) is 5.32 Å². The van der Waals surface area contributed by atoms with Crippen LogP contribution in [-0.2, 0) is 9.47 Å². The predicted octanol–water partition coefficient (Wildman–Crippen LogP) is -0.497. The van der Waals surface area contributed by atoms with E-state index in [4.69, 9.17) is 15.2 Å². The van der Waals surface area contributed by atoms with Crippen molar-refractivity contribution in [2.45, 2.75) is 6.92 Å². The summed E-state index contributed by atoms with van der Waals surface area (Å²) in [4.78, 5) is 0. The first kappa shape index (κ1) is 9.84. The molecule has 0 atom stereocenters. The molecule has 0 aromatic rings. The SMILES string of the molecule is CCNCCOCOCN. The van der Waals surface area contributed by atoms with Gasteiger partial charge in [0.2, 0.25) is 0 Å². The Hall–Kier alpha value is -0.160. The molecule has 0 saturated heterocycles. The van der Waals surface area contributed by atoms with Crippen LogP contribution in [0.1, 0.15) is 6.92 Å². The van der Waals surface area contributed by atoms with Crippen LogP contribution in [0.25, 0.3) is 0 Å². The molecule has 4 nitrogen and oxygen atoms in total. The van der Waals surface area contributed by atoms with E-state index in [1.165, 1.54) is 0 Å². The maximum absolute atomic E-state index is 5.05. The third-order valence-electron chi connectivity index (χ3n) is 0.958. The summed E-state index contributed by atoms with van der Waals surface area (Å²) < 4.78 is 9.75. The van der Waals surface area contributed by atoms with E-state index in [1.54, 1.807) is 0 Å². The molecule has 62 valence electrons. The Kier molecular flexibility index (Phi) is 8.70. The van der Waals surface area contributed by atoms with Crippen LogP contribution in [-0.4, -0.2) is 33.2 Å². The van der Waals surface area contributed by atoms with Crippen LogP contribution in [0, 0.1) is 0 Å². The van der Waals surface area contributed by atoms with Gasteiger partial charge in [0.25, 0.3) is 0 Å². The summed E-state index contributed by atoms with van der Waals surface area (Å²) in [7, 11) is 0. The fraction of sp³-hybridized carbons (Fsp3) is 1.00. The quantitative estimate of drug-likeness (QED) is 0.377. The minimum atomic E-state index is 0.223. The zero-order valence-corrected chi connectivity index (χ0v) is 6.43. The Bertz CT molecular complexity index is 53.7. The van der Waals surface area contributed by atoms with Gasteiger partial charge in [0.1, 0.15) is 6.79 Å². The van der Waals surface area contributed by atoms with Crippen molar-refractivity contribution in [3.63, 3.8) is 0 Å². The molecule has 0 spiro atoms. The van der Waals surface area contributed by atoms with Gasteiger partial charge in [-0.15, -0.1) is 0 Å². The molecule has 0 bridgehead atoms. The first-order valence-electron chi connectivity index (χ1n) is 3.48. The summed E-state index contributed by atoms with van der Waals surface area (Å²) in [5.41, 5.74) is 5.05. The molecule has 0 fully saturated rings. The number of likely N-dealkylation sites (N-methyl/N-ethyl adjacent to an activating group) is 1. The molecular weight excluding hydrogens is 132 g/mol. The topological polar surface area (TPSA) is 56.5 Å². The van der Waals surface area contributed by atoms with Crippen LogP contribution in [0.15, 0.2) is 0 Å². The average Bonchev–Trinajstić information content (AvgIpc) is 1.97. The number of rotatable bonds is 7. The van der Waals surface area contributed by atoms with Crippen LogP contribution >= 0.6 is 0 Å². The monoisotopic (exact) mass is 148 g/mol. The molecule has 0 unspecified atom stereocenters.